The molecule has 7 nitrogen and oxygen atoms in total. The zero-order valence-corrected chi connectivity index (χ0v) is 15.5. The number of likely N-dealkylation sites (tertiary alicyclic amines) is 1. The number of thiazole rings is 1. The zero-order valence-electron chi connectivity index (χ0n) is 13.9. The van der Waals surface area contributed by atoms with Gasteiger partial charge in [0.05, 0.1) is 11.9 Å². The Morgan fingerprint density at radius 3 is 2.96 bits per heavy atom. The molecule has 0 saturated carbocycles. The Kier molecular flexibility index (Phi) is 5.05. The minimum Gasteiger partial charge on any atom is -0.293 e. The molecule has 0 unspecified atom stereocenters. The maximum atomic E-state index is 12.3. The van der Waals surface area contributed by atoms with Gasteiger partial charge in [-0.2, -0.15) is 0 Å². The first-order chi connectivity index (χ1) is 11.3. The lowest BCUT2D eigenvalue weighted by Gasteiger charge is -2.35. The van der Waals surface area contributed by atoms with E-state index in [1.54, 1.807) is 10.5 Å². The summed E-state index contributed by atoms with van der Waals surface area (Å²) in [6.45, 7) is 3.75. The first kappa shape index (κ1) is 17.5. The smallest absolute Gasteiger partial charge is 0.259 e. The summed E-state index contributed by atoms with van der Waals surface area (Å²) in [7, 11) is -3.20. The van der Waals surface area contributed by atoms with Crippen molar-refractivity contribution in [3.63, 3.8) is 0 Å². The highest BCUT2D eigenvalue weighted by Gasteiger charge is 2.24. The molecule has 1 aliphatic rings. The van der Waals surface area contributed by atoms with Crippen molar-refractivity contribution in [2.75, 3.05) is 19.3 Å². The van der Waals surface area contributed by atoms with E-state index in [0.717, 1.165) is 37.2 Å². The van der Waals surface area contributed by atoms with Crippen LogP contribution < -0.4 is 10.3 Å². The van der Waals surface area contributed by atoms with E-state index in [-0.39, 0.29) is 11.6 Å². The van der Waals surface area contributed by atoms with Crippen LogP contribution in [-0.2, 0) is 16.6 Å². The molecule has 0 aromatic carbocycles. The number of rotatable bonds is 5. The summed E-state index contributed by atoms with van der Waals surface area (Å²) in [6, 6.07) is 1.72. The molecule has 1 aliphatic heterocycles. The molecule has 2 aromatic heterocycles. The van der Waals surface area contributed by atoms with Gasteiger partial charge in [-0.25, -0.2) is 18.1 Å². The molecule has 132 valence electrons. The van der Waals surface area contributed by atoms with Gasteiger partial charge in [-0.3, -0.25) is 14.1 Å². The molecule has 3 rings (SSSR count). The molecule has 24 heavy (non-hydrogen) atoms. The van der Waals surface area contributed by atoms with E-state index in [0.29, 0.717) is 18.1 Å². The second kappa shape index (κ2) is 6.91. The number of hydrogen-bond acceptors (Lipinski definition) is 6. The van der Waals surface area contributed by atoms with Crippen LogP contribution in [0.2, 0.25) is 0 Å². The van der Waals surface area contributed by atoms with Crippen LogP contribution in [0.1, 0.15) is 30.7 Å². The molecule has 1 fully saturated rings. The fourth-order valence-electron chi connectivity index (χ4n) is 3.14. The predicted molar refractivity (Wildman–Crippen MR) is 95.0 cm³/mol. The van der Waals surface area contributed by atoms with Crippen LogP contribution in [0.5, 0.6) is 0 Å². The summed E-state index contributed by atoms with van der Waals surface area (Å²) in [5, 5.41) is 1.92. The van der Waals surface area contributed by atoms with Crippen LogP contribution in [-0.4, -0.2) is 48.1 Å². The van der Waals surface area contributed by atoms with Crippen molar-refractivity contribution in [2.45, 2.75) is 38.8 Å². The van der Waals surface area contributed by atoms with E-state index in [9.17, 15) is 13.2 Å². The van der Waals surface area contributed by atoms with Gasteiger partial charge >= 0.3 is 0 Å². The van der Waals surface area contributed by atoms with Crippen LogP contribution in [0.25, 0.3) is 4.96 Å². The Morgan fingerprint density at radius 2 is 2.21 bits per heavy atom. The summed E-state index contributed by atoms with van der Waals surface area (Å²) in [4.78, 5) is 19.8. The van der Waals surface area contributed by atoms with Gasteiger partial charge in [-0.1, -0.05) is 6.42 Å². The number of aryl methyl sites for hydroxylation is 1. The maximum absolute atomic E-state index is 12.3. The number of nitrogens with one attached hydrogen (secondary N) is 1. The maximum Gasteiger partial charge on any atom is 0.259 e. The molecule has 1 atom stereocenters. The van der Waals surface area contributed by atoms with E-state index in [4.69, 9.17) is 0 Å². The van der Waals surface area contributed by atoms with Gasteiger partial charge in [0.25, 0.3) is 5.56 Å². The van der Waals surface area contributed by atoms with Crippen molar-refractivity contribution in [1.29, 1.82) is 0 Å². The minimum absolute atomic E-state index is 0.0587. The Labute approximate surface area is 145 Å². The molecule has 1 saturated heterocycles. The fourth-order valence-corrected chi connectivity index (χ4v) is 4.52. The average molecular weight is 371 g/mol. The topological polar surface area (TPSA) is 83.8 Å². The van der Waals surface area contributed by atoms with Crippen molar-refractivity contribution < 1.29 is 8.42 Å². The highest BCUT2D eigenvalue weighted by molar-refractivity contribution is 7.88. The van der Waals surface area contributed by atoms with Gasteiger partial charge in [-0.05, 0) is 26.3 Å². The van der Waals surface area contributed by atoms with E-state index in [1.165, 1.54) is 17.6 Å². The third kappa shape index (κ3) is 4.02. The quantitative estimate of drug-likeness (QED) is 0.848. The number of piperidine rings is 1. The fraction of sp³-hybridized carbons (Fsp3) is 0.600. The summed E-state index contributed by atoms with van der Waals surface area (Å²) in [6.07, 6.45) is 4.29. The number of nitrogens with zero attached hydrogens (tertiary/aromatic N) is 3. The van der Waals surface area contributed by atoms with Gasteiger partial charge in [-0.15, -0.1) is 11.3 Å². The van der Waals surface area contributed by atoms with Crippen LogP contribution in [0.15, 0.2) is 16.2 Å². The van der Waals surface area contributed by atoms with Crippen molar-refractivity contribution in [1.82, 2.24) is 19.0 Å². The zero-order chi connectivity index (χ0) is 17.3. The summed E-state index contributed by atoms with van der Waals surface area (Å²) < 4.78 is 26.9. The largest absolute Gasteiger partial charge is 0.293 e. The second-order valence-electron chi connectivity index (χ2n) is 6.32. The number of fused-ring (bicyclic) bond motifs is 1. The van der Waals surface area contributed by atoms with Crippen molar-refractivity contribution >= 4 is 26.3 Å². The molecular weight excluding hydrogens is 348 g/mol. The molecule has 3 heterocycles. The normalized spacial score (nSPS) is 19.8. The molecule has 0 spiro atoms. The first-order valence-corrected chi connectivity index (χ1v) is 10.8. The molecule has 9 heteroatoms. The number of sulfonamides is 1. The molecular formula is C15H22N4O3S2. The van der Waals surface area contributed by atoms with Crippen LogP contribution in [0.3, 0.4) is 0 Å². The van der Waals surface area contributed by atoms with Crippen molar-refractivity contribution in [2.24, 2.45) is 0 Å². The monoisotopic (exact) mass is 370 g/mol. The Bertz CT molecular complexity index is 888. The van der Waals surface area contributed by atoms with Gasteiger partial charge in [0, 0.05) is 36.3 Å². The van der Waals surface area contributed by atoms with E-state index < -0.39 is 10.0 Å². The lowest BCUT2D eigenvalue weighted by Crippen LogP contribution is -2.46. The van der Waals surface area contributed by atoms with Crippen molar-refractivity contribution in [3.8, 4) is 0 Å². The number of aromatic nitrogens is 2. The number of hydrogen-bond donors (Lipinski definition) is 1. The third-order valence-electron chi connectivity index (χ3n) is 4.32. The van der Waals surface area contributed by atoms with Crippen molar-refractivity contribution in [3.05, 3.63) is 33.2 Å². The molecule has 1 N–H and O–H groups in total. The Morgan fingerprint density at radius 1 is 1.42 bits per heavy atom. The van der Waals surface area contributed by atoms with Crippen LogP contribution >= 0.6 is 11.3 Å². The van der Waals surface area contributed by atoms with Crippen LogP contribution in [0.4, 0.5) is 0 Å². The van der Waals surface area contributed by atoms with E-state index in [2.05, 4.69) is 14.6 Å². The Hall–Kier alpha value is -1.29. The van der Waals surface area contributed by atoms with Gasteiger partial charge < -0.3 is 0 Å². The first-order valence-electron chi connectivity index (χ1n) is 7.99. The molecule has 0 bridgehead atoms. The predicted octanol–water partition coefficient (Wildman–Crippen LogP) is 0.968. The summed E-state index contributed by atoms with van der Waals surface area (Å²) in [5.74, 6) is 0. The van der Waals surface area contributed by atoms with Crippen LogP contribution in [0, 0.1) is 6.92 Å². The molecule has 0 aliphatic carbocycles. The SMILES string of the molecule is Cc1csc2nc(CN3CCCC[C@H]3CNS(C)(=O)=O)cc(=O)n12. The van der Waals surface area contributed by atoms with E-state index in [1.807, 2.05) is 12.3 Å². The molecule has 0 amide bonds. The Balaban J connectivity index is 1.79. The van der Waals surface area contributed by atoms with Gasteiger partial charge in [0.15, 0.2) is 4.96 Å². The average Bonchev–Trinajstić information content (AvgIpc) is 2.87. The minimum atomic E-state index is -3.20. The second-order valence-corrected chi connectivity index (χ2v) is 8.99. The lowest BCUT2D eigenvalue weighted by molar-refractivity contribution is 0.140. The van der Waals surface area contributed by atoms with Gasteiger partial charge in [0.1, 0.15) is 0 Å². The highest BCUT2D eigenvalue weighted by atomic mass is 32.2. The summed E-state index contributed by atoms with van der Waals surface area (Å²) in [5.41, 5.74) is 1.58. The highest BCUT2D eigenvalue weighted by Crippen LogP contribution is 2.19. The van der Waals surface area contributed by atoms with Gasteiger partial charge in [0.2, 0.25) is 10.0 Å². The molecule has 2 aromatic rings. The molecule has 0 radical (unpaired) electrons. The van der Waals surface area contributed by atoms with E-state index >= 15 is 0 Å². The summed E-state index contributed by atoms with van der Waals surface area (Å²) >= 11 is 1.46. The third-order valence-corrected chi connectivity index (χ3v) is 5.96. The standard InChI is InChI=1S/C15H22N4O3S2/c1-11-10-23-15-17-12(7-14(20)19(11)15)9-18-6-4-3-5-13(18)8-16-24(2,21)22/h7,10,13,16H,3-6,8-9H2,1-2H3/t13-/m0/s1. The lowest BCUT2D eigenvalue weighted by atomic mass is 10.0.